The number of hydrogen-bond donors (Lipinski definition) is 1. The van der Waals surface area contributed by atoms with Crippen molar-refractivity contribution >= 4 is 11.9 Å². The fourth-order valence-corrected chi connectivity index (χ4v) is 2.52. The molecule has 0 atom stereocenters. The Morgan fingerprint density at radius 1 is 1.22 bits per heavy atom. The second-order valence-corrected chi connectivity index (χ2v) is 5.40. The Balaban J connectivity index is 1.53. The number of aryl methyl sites for hydroxylation is 1. The second-order valence-electron chi connectivity index (χ2n) is 5.40. The standard InChI is InChI=1S/C15H22N8/c1-2-23-12-13(11-20-23)10-19-14(16)21-6-8-22(9-7-21)15-17-4-3-5-18-15/h3-5,11-12H,2,6-10H2,1H3,(H2,16,19). The maximum absolute atomic E-state index is 6.12. The molecule has 23 heavy (non-hydrogen) atoms. The summed E-state index contributed by atoms with van der Waals surface area (Å²) < 4.78 is 1.89. The molecule has 1 aliphatic heterocycles. The number of nitrogens with zero attached hydrogens (tertiary/aromatic N) is 7. The first-order valence-electron chi connectivity index (χ1n) is 7.84. The summed E-state index contributed by atoms with van der Waals surface area (Å²) in [6, 6.07) is 1.82. The average molecular weight is 314 g/mol. The van der Waals surface area contributed by atoms with Gasteiger partial charge in [-0.05, 0) is 13.0 Å². The number of anilines is 1. The van der Waals surface area contributed by atoms with E-state index >= 15 is 0 Å². The van der Waals surface area contributed by atoms with Crippen LogP contribution in [0.4, 0.5) is 5.95 Å². The van der Waals surface area contributed by atoms with Gasteiger partial charge in [0.15, 0.2) is 5.96 Å². The highest BCUT2D eigenvalue weighted by atomic mass is 15.4. The van der Waals surface area contributed by atoms with E-state index < -0.39 is 0 Å². The van der Waals surface area contributed by atoms with Crippen LogP contribution in [0.3, 0.4) is 0 Å². The highest BCUT2D eigenvalue weighted by Gasteiger charge is 2.19. The Labute approximate surface area is 135 Å². The lowest BCUT2D eigenvalue weighted by atomic mass is 10.3. The van der Waals surface area contributed by atoms with E-state index in [1.807, 2.05) is 23.1 Å². The van der Waals surface area contributed by atoms with Gasteiger partial charge in [0, 0.05) is 56.9 Å². The molecular formula is C15H22N8. The zero-order valence-electron chi connectivity index (χ0n) is 13.3. The number of piperazine rings is 1. The molecule has 1 saturated heterocycles. The molecule has 0 bridgehead atoms. The lowest BCUT2D eigenvalue weighted by molar-refractivity contribution is 0.378. The van der Waals surface area contributed by atoms with Gasteiger partial charge in [0.25, 0.3) is 0 Å². The van der Waals surface area contributed by atoms with Crippen LogP contribution >= 0.6 is 0 Å². The first kappa shape index (κ1) is 15.3. The van der Waals surface area contributed by atoms with Crippen LogP contribution < -0.4 is 10.6 Å². The zero-order valence-corrected chi connectivity index (χ0v) is 13.3. The van der Waals surface area contributed by atoms with Crippen molar-refractivity contribution in [2.45, 2.75) is 20.0 Å². The molecule has 1 aliphatic rings. The third-order valence-corrected chi connectivity index (χ3v) is 3.87. The van der Waals surface area contributed by atoms with E-state index in [1.54, 1.807) is 12.4 Å². The van der Waals surface area contributed by atoms with Gasteiger partial charge in [-0.3, -0.25) is 4.68 Å². The lowest BCUT2D eigenvalue weighted by Gasteiger charge is -2.35. The van der Waals surface area contributed by atoms with Gasteiger partial charge in [0.1, 0.15) is 0 Å². The van der Waals surface area contributed by atoms with Crippen molar-refractivity contribution in [3.8, 4) is 0 Å². The fraction of sp³-hybridized carbons (Fsp3) is 0.467. The third-order valence-electron chi connectivity index (χ3n) is 3.87. The van der Waals surface area contributed by atoms with Gasteiger partial charge in [-0.1, -0.05) is 0 Å². The number of nitrogens with two attached hydrogens (primary N) is 1. The van der Waals surface area contributed by atoms with Gasteiger partial charge in [-0.15, -0.1) is 0 Å². The van der Waals surface area contributed by atoms with Crippen LogP contribution in [0.25, 0.3) is 0 Å². The second kappa shape index (κ2) is 7.08. The maximum Gasteiger partial charge on any atom is 0.225 e. The quantitative estimate of drug-likeness (QED) is 0.646. The predicted molar refractivity (Wildman–Crippen MR) is 89.0 cm³/mol. The summed E-state index contributed by atoms with van der Waals surface area (Å²) in [4.78, 5) is 17.3. The molecule has 0 aromatic carbocycles. The van der Waals surface area contributed by atoms with E-state index in [0.717, 1.165) is 44.2 Å². The van der Waals surface area contributed by atoms with E-state index in [0.29, 0.717) is 12.5 Å². The van der Waals surface area contributed by atoms with Crippen LogP contribution in [0.5, 0.6) is 0 Å². The molecule has 0 saturated carbocycles. The zero-order chi connectivity index (χ0) is 16.1. The predicted octanol–water partition coefficient (Wildman–Crippen LogP) is 0.330. The normalized spacial score (nSPS) is 16.0. The van der Waals surface area contributed by atoms with E-state index in [4.69, 9.17) is 5.73 Å². The Morgan fingerprint density at radius 3 is 2.61 bits per heavy atom. The Morgan fingerprint density at radius 2 is 1.96 bits per heavy atom. The Hall–Kier alpha value is -2.64. The SMILES string of the molecule is CCn1cc(CN=C(N)N2CCN(c3ncccn3)CC2)cn1. The van der Waals surface area contributed by atoms with Crippen molar-refractivity contribution in [2.75, 3.05) is 31.1 Å². The van der Waals surface area contributed by atoms with Crippen LogP contribution in [0, 0.1) is 0 Å². The molecule has 1 fully saturated rings. The summed E-state index contributed by atoms with van der Waals surface area (Å²) in [6.07, 6.45) is 7.37. The summed E-state index contributed by atoms with van der Waals surface area (Å²) in [7, 11) is 0. The van der Waals surface area contributed by atoms with Crippen molar-refractivity contribution in [3.05, 3.63) is 36.4 Å². The summed E-state index contributed by atoms with van der Waals surface area (Å²) in [5.41, 5.74) is 7.19. The number of hydrogen-bond acceptors (Lipinski definition) is 5. The molecule has 0 amide bonds. The van der Waals surface area contributed by atoms with Crippen molar-refractivity contribution in [3.63, 3.8) is 0 Å². The first-order valence-corrected chi connectivity index (χ1v) is 7.84. The van der Waals surface area contributed by atoms with Crippen LogP contribution in [0.15, 0.2) is 35.8 Å². The fourth-order valence-electron chi connectivity index (χ4n) is 2.52. The lowest BCUT2D eigenvalue weighted by Crippen LogP contribution is -2.51. The van der Waals surface area contributed by atoms with Gasteiger partial charge >= 0.3 is 0 Å². The highest BCUT2D eigenvalue weighted by Crippen LogP contribution is 2.09. The molecule has 0 spiro atoms. The summed E-state index contributed by atoms with van der Waals surface area (Å²) in [5, 5.41) is 4.24. The minimum absolute atomic E-state index is 0.563. The molecule has 2 aromatic rings. The molecule has 2 aromatic heterocycles. The van der Waals surface area contributed by atoms with Crippen molar-refractivity contribution in [1.29, 1.82) is 0 Å². The Kier molecular flexibility index (Phi) is 4.70. The van der Waals surface area contributed by atoms with E-state index in [2.05, 4.69) is 36.8 Å². The van der Waals surface area contributed by atoms with Gasteiger partial charge in [-0.2, -0.15) is 5.10 Å². The summed E-state index contributed by atoms with van der Waals surface area (Å²) >= 11 is 0. The Bertz CT molecular complexity index is 643. The monoisotopic (exact) mass is 314 g/mol. The van der Waals surface area contributed by atoms with Gasteiger partial charge in [0.2, 0.25) is 5.95 Å². The molecule has 8 heteroatoms. The molecule has 3 heterocycles. The maximum atomic E-state index is 6.12. The van der Waals surface area contributed by atoms with Crippen LogP contribution in [0.2, 0.25) is 0 Å². The molecule has 122 valence electrons. The van der Waals surface area contributed by atoms with E-state index in [-0.39, 0.29) is 0 Å². The van der Waals surface area contributed by atoms with Gasteiger partial charge < -0.3 is 15.5 Å². The third kappa shape index (κ3) is 3.77. The molecular weight excluding hydrogens is 292 g/mol. The molecule has 8 nitrogen and oxygen atoms in total. The number of rotatable bonds is 4. The van der Waals surface area contributed by atoms with Crippen molar-refractivity contribution in [2.24, 2.45) is 10.7 Å². The molecule has 0 unspecified atom stereocenters. The van der Waals surface area contributed by atoms with E-state index in [1.165, 1.54) is 0 Å². The molecule has 2 N–H and O–H groups in total. The highest BCUT2D eigenvalue weighted by molar-refractivity contribution is 5.78. The summed E-state index contributed by atoms with van der Waals surface area (Å²) in [5.74, 6) is 1.36. The molecule has 0 aliphatic carbocycles. The smallest absolute Gasteiger partial charge is 0.225 e. The number of aromatic nitrogens is 4. The van der Waals surface area contributed by atoms with Crippen LogP contribution in [-0.4, -0.2) is 56.8 Å². The van der Waals surface area contributed by atoms with Crippen LogP contribution in [-0.2, 0) is 13.1 Å². The molecule has 0 radical (unpaired) electrons. The van der Waals surface area contributed by atoms with E-state index in [9.17, 15) is 0 Å². The number of aliphatic imine (C=N–C) groups is 1. The van der Waals surface area contributed by atoms with Gasteiger partial charge in [0.05, 0.1) is 12.7 Å². The minimum atomic E-state index is 0.563. The average Bonchev–Trinajstić information content (AvgIpc) is 3.09. The minimum Gasteiger partial charge on any atom is -0.370 e. The summed E-state index contributed by atoms with van der Waals surface area (Å²) in [6.45, 7) is 6.81. The number of guanidine groups is 1. The van der Waals surface area contributed by atoms with Crippen molar-refractivity contribution in [1.82, 2.24) is 24.6 Å². The van der Waals surface area contributed by atoms with Crippen LogP contribution in [0.1, 0.15) is 12.5 Å². The molecule has 3 rings (SSSR count). The largest absolute Gasteiger partial charge is 0.370 e. The van der Waals surface area contributed by atoms with Crippen molar-refractivity contribution < 1.29 is 0 Å². The first-order chi connectivity index (χ1) is 11.3. The van der Waals surface area contributed by atoms with Gasteiger partial charge in [-0.25, -0.2) is 15.0 Å². The topological polar surface area (TPSA) is 88.5 Å².